The summed E-state index contributed by atoms with van der Waals surface area (Å²) in [6.07, 6.45) is 10.9. The summed E-state index contributed by atoms with van der Waals surface area (Å²) in [5.74, 6) is 0.499. The topological polar surface area (TPSA) is 155 Å². The maximum absolute atomic E-state index is 14.8. The second kappa shape index (κ2) is 20.9. The van der Waals surface area contributed by atoms with E-state index in [1.807, 2.05) is 57.2 Å². The van der Waals surface area contributed by atoms with E-state index in [1.54, 1.807) is 41.3 Å². The molecule has 13 nitrogen and oxygen atoms in total. The molecule has 0 spiro atoms. The van der Waals surface area contributed by atoms with E-state index in [4.69, 9.17) is 38.4 Å². The third-order valence-corrected chi connectivity index (χ3v) is 12.3. The average Bonchev–Trinajstić information content (AvgIpc) is 3.76. The van der Waals surface area contributed by atoms with Crippen molar-refractivity contribution in [1.29, 1.82) is 0 Å². The van der Waals surface area contributed by atoms with Gasteiger partial charge in [0.25, 0.3) is 0 Å². The summed E-state index contributed by atoms with van der Waals surface area (Å²) >= 11 is 0. The zero-order chi connectivity index (χ0) is 45.3. The fraction of sp³-hybridized carbons (Fsp3) is 0.471. The Kier molecular flexibility index (Phi) is 15.1. The van der Waals surface area contributed by atoms with Crippen LogP contribution in [0.3, 0.4) is 0 Å². The molecule has 6 unspecified atom stereocenters. The Hall–Kier alpha value is -5.63. The van der Waals surface area contributed by atoms with Crippen molar-refractivity contribution < 1.29 is 53.1 Å². The number of amides is 1. The number of fused-ring (bicyclic) bond motifs is 3. The first-order valence-electron chi connectivity index (χ1n) is 22.4. The largest absolute Gasteiger partial charge is 0.459 e. The Morgan fingerprint density at radius 1 is 0.938 bits per heavy atom. The molecule has 0 bridgehead atoms. The lowest BCUT2D eigenvalue weighted by atomic mass is 9.55. The van der Waals surface area contributed by atoms with Gasteiger partial charge in [0.2, 0.25) is 12.6 Å². The molecule has 1 amide bonds. The van der Waals surface area contributed by atoms with Gasteiger partial charge in [0.15, 0.2) is 11.5 Å². The number of hydrogen-bond acceptors (Lipinski definition) is 12. The lowest BCUT2D eigenvalue weighted by Crippen LogP contribution is -2.70. The van der Waals surface area contributed by atoms with Crippen LogP contribution in [0.15, 0.2) is 103 Å². The summed E-state index contributed by atoms with van der Waals surface area (Å²) in [6, 6.07) is 17.5. The quantitative estimate of drug-likeness (QED) is 0.0455. The van der Waals surface area contributed by atoms with Crippen molar-refractivity contribution in [3.8, 4) is 28.7 Å². The lowest BCUT2D eigenvalue weighted by Gasteiger charge is -2.60. The minimum absolute atomic E-state index is 0.00706. The smallest absolute Gasteiger partial charge is 0.410 e. The highest BCUT2D eigenvalue weighted by molar-refractivity contribution is 6.03. The zero-order valence-electron chi connectivity index (χ0n) is 37.2. The molecule has 3 aromatic rings. The van der Waals surface area contributed by atoms with Gasteiger partial charge in [-0.15, -0.1) is 13.2 Å². The summed E-state index contributed by atoms with van der Waals surface area (Å²) in [5, 5.41) is 24.9. The van der Waals surface area contributed by atoms with E-state index < -0.39 is 29.4 Å². The zero-order valence-corrected chi connectivity index (χ0v) is 37.2. The molecule has 6 atom stereocenters. The maximum Gasteiger partial charge on any atom is 0.410 e. The number of rotatable bonds is 21. The number of hydrogen-bond donors (Lipinski definition) is 2. The second-order valence-corrected chi connectivity index (χ2v) is 17.8. The van der Waals surface area contributed by atoms with E-state index >= 15 is 0 Å². The number of benzene rings is 3. The van der Waals surface area contributed by atoms with Gasteiger partial charge < -0.3 is 43.5 Å². The van der Waals surface area contributed by atoms with E-state index in [0.29, 0.717) is 59.3 Å². The first-order valence-corrected chi connectivity index (χ1v) is 22.4. The van der Waals surface area contributed by atoms with Gasteiger partial charge in [0.05, 0.1) is 24.8 Å². The van der Waals surface area contributed by atoms with Crippen molar-refractivity contribution in [2.24, 2.45) is 22.9 Å². The van der Waals surface area contributed by atoms with Crippen LogP contribution >= 0.6 is 0 Å². The van der Waals surface area contributed by atoms with E-state index in [1.165, 1.54) is 0 Å². The summed E-state index contributed by atoms with van der Waals surface area (Å²) < 4.78 is 38.4. The number of unbranched alkanes of at least 4 members (excludes halogenated alkanes) is 2. The molecule has 13 heteroatoms. The Balaban J connectivity index is 1.46. The minimum Gasteiger partial charge on any atom is -0.459 e. The van der Waals surface area contributed by atoms with Crippen LogP contribution in [0, 0.1) is 17.8 Å². The third-order valence-electron chi connectivity index (χ3n) is 12.3. The minimum atomic E-state index is -1.52. The number of carbonyl (C=O) groups is 2. The highest BCUT2D eigenvalue weighted by atomic mass is 16.7. The monoisotopic (exact) mass is 878 g/mol. The third kappa shape index (κ3) is 10.3. The standard InChI is InChI=1S/C51H62N2O11/c1-6-8-25-58-49(57)53(31-34-18-20-44-45(27-34)60-33-59-44)46-30-42(52-64-50(3,4)5)40-28-36(15-9-11-22-54)39(17-10-12-23-55)47-41-29-38(62-37-16-13-14-35(26-37)32-56)19-21-43(41)63-51(46,48(40)47)61-24-7-2/h6-7,13-14,16,18-21,26-29,32,36,39,46-48,54-55H,1-2,8-12,15,17,22-25,30-31,33H2,3-5H3. The van der Waals surface area contributed by atoms with Crippen molar-refractivity contribution in [3.05, 3.63) is 114 Å². The molecule has 3 aromatic carbocycles. The summed E-state index contributed by atoms with van der Waals surface area (Å²) in [4.78, 5) is 34.4. The van der Waals surface area contributed by atoms with Crippen LogP contribution in [-0.4, -0.2) is 83.9 Å². The second-order valence-electron chi connectivity index (χ2n) is 17.8. The predicted molar refractivity (Wildman–Crippen MR) is 242 cm³/mol. The van der Waals surface area contributed by atoms with Gasteiger partial charge in [-0.3, -0.25) is 9.69 Å². The van der Waals surface area contributed by atoms with Crippen LogP contribution in [0.4, 0.5) is 4.79 Å². The highest BCUT2D eigenvalue weighted by Gasteiger charge is 2.66. The number of nitrogens with zero attached hydrogens (tertiary/aromatic N) is 2. The molecule has 64 heavy (non-hydrogen) atoms. The first kappa shape index (κ1) is 46.4. The number of allylic oxidation sites excluding steroid dienone is 1. The van der Waals surface area contributed by atoms with Gasteiger partial charge in [0, 0.05) is 43.2 Å². The molecule has 0 radical (unpaired) electrons. The van der Waals surface area contributed by atoms with Crippen LogP contribution in [0.5, 0.6) is 28.7 Å². The molecule has 1 fully saturated rings. The predicted octanol–water partition coefficient (Wildman–Crippen LogP) is 9.67. The van der Waals surface area contributed by atoms with Gasteiger partial charge in [-0.2, -0.15) is 0 Å². The molecule has 4 aliphatic rings. The summed E-state index contributed by atoms with van der Waals surface area (Å²) in [6.45, 7) is 14.3. The number of ether oxygens (including phenoxy) is 6. The fourth-order valence-corrected chi connectivity index (χ4v) is 9.54. The normalized spacial score (nSPS) is 23.5. The first-order chi connectivity index (χ1) is 31.0. The van der Waals surface area contributed by atoms with Gasteiger partial charge in [-0.05, 0) is 118 Å². The highest BCUT2D eigenvalue weighted by Crippen LogP contribution is 2.62. The maximum atomic E-state index is 14.8. The average molecular weight is 879 g/mol. The molecule has 2 heterocycles. The van der Waals surface area contributed by atoms with Crippen molar-refractivity contribution in [1.82, 2.24) is 4.90 Å². The SMILES string of the molecule is C=CCCOC(=O)N(Cc1ccc2c(c1)OCO2)C1CC(=NOC(C)(C)C)C2=CC(CCCCO)C(CCCCO)C3c4cc(Oc5cccc(C=O)c5)ccc4OC1(OCC=C)C23. The van der Waals surface area contributed by atoms with Crippen molar-refractivity contribution >= 4 is 18.1 Å². The number of aliphatic hydroxyl groups excluding tert-OH is 2. The molecule has 7 rings (SSSR count). The fourth-order valence-electron chi connectivity index (χ4n) is 9.54. The molecule has 2 aliphatic heterocycles. The van der Waals surface area contributed by atoms with Gasteiger partial charge in [-0.25, -0.2) is 4.79 Å². The molecule has 2 N–H and O–H groups in total. The van der Waals surface area contributed by atoms with E-state index in [2.05, 4.69) is 19.2 Å². The van der Waals surface area contributed by atoms with Gasteiger partial charge >= 0.3 is 6.09 Å². The molecular formula is C51H62N2O11. The molecule has 2 aliphatic carbocycles. The van der Waals surface area contributed by atoms with Crippen LogP contribution in [0.2, 0.25) is 0 Å². The van der Waals surface area contributed by atoms with E-state index in [-0.39, 0.29) is 63.9 Å². The molecule has 0 aromatic heterocycles. The molecule has 342 valence electrons. The van der Waals surface area contributed by atoms with Crippen molar-refractivity contribution in [3.63, 3.8) is 0 Å². The van der Waals surface area contributed by atoms with Crippen LogP contribution < -0.4 is 18.9 Å². The van der Waals surface area contributed by atoms with Crippen LogP contribution in [0.25, 0.3) is 0 Å². The van der Waals surface area contributed by atoms with Crippen LogP contribution in [-0.2, 0) is 20.9 Å². The number of aldehydes is 1. The Bertz CT molecular complexity index is 2200. The van der Waals surface area contributed by atoms with E-state index in [0.717, 1.165) is 48.7 Å². The molecule has 0 saturated heterocycles. The van der Waals surface area contributed by atoms with E-state index in [9.17, 15) is 19.8 Å². The van der Waals surface area contributed by atoms with Crippen LogP contribution in [0.1, 0.15) is 99.5 Å². The number of aliphatic hydroxyl groups is 2. The summed E-state index contributed by atoms with van der Waals surface area (Å²) in [7, 11) is 0. The van der Waals surface area contributed by atoms with Gasteiger partial charge in [0.1, 0.15) is 35.2 Å². The Morgan fingerprint density at radius 3 is 2.45 bits per heavy atom. The Labute approximate surface area is 376 Å². The molecular weight excluding hydrogens is 817 g/mol. The van der Waals surface area contributed by atoms with Gasteiger partial charge in [-0.1, -0.05) is 54.4 Å². The van der Waals surface area contributed by atoms with Crippen molar-refractivity contribution in [2.75, 3.05) is 33.2 Å². The number of carbonyl (C=O) groups excluding carboxylic acids is 2. The summed E-state index contributed by atoms with van der Waals surface area (Å²) in [5.41, 5.74) is 3.08. The van der Waals surface area contributed by atoms with Crippen molar-refractivity contribution in [2.45, 2.75) is 102 Å². The number of oxime groups is 1. The Morgan fingerprint density at radius 2 is 1.70 bits per heavy atom. The molecule has 1 saturated carbocycles. The lowest BCUT2D eigenvalue weighted by molar-refractivity contribution is -0.256.